The number of methoxy groups -OCH3 is 1. The minimum absolute atomic E-state index is 0.112. The van der Waals surface area contributed by atoms with Gasteiger partial charge in [0.25, 0.3) is 15.9 Å². The van der Waals surface area contributed by atoms with Gasteiger partial charge in [0.1, 0.15) is 17.1 Å². The minimum Gasteiger partial charge on any atom is -0.495 e. The summed E-state index contributed by atoms with van der Waals surface area (Å²) in [6.45, 7) is 2.60. The third kappa shape index (κ3) is 4.62. The molecule has 0 spiro atoms. The summed E-state index contributed by atoms with van der Waals surface area (Å²) in [5, 5.41) is 10.8. The van der Waals surface area contributed by atoms with Crippen LogP contribution in [0.25, 0.3) is 11.0 Å². The van der Waals surface area contributed by atoms with E-state index in [0.29, 0.717) is 23.3 Å². The Balaban J connectivity index is 1.58. The van der Waals surface area contributed by atoms with Crippen molar-refractivity contribution in [3.63, 3.8) is 0 Å². The zero-order valence-electron chi connectivity index (χ0n) is 17.7. The second kappa shape index (κ2) is 8.87. The van der Waals surface area contributed by atoms with Gasteiger partial charge in [-0.3, -0.25) is 9.52 Å². The molecule has 11 heteroatoms. The average Bonchev–Trinajstić information content (AvgIpc) is 3.21. The molecule has 4 aromatic rings. The number of rotatable bonds is 7. The predicted molar refractivity (Wildman–Crippen MR) is 121 cm³/mol. The first-order chi connectivity index (χ1) is 15.8. The van der Waals surface area contributed by atoms with Gasteiger partial charge in [-0.1, -0.05) is 5.21 Å². The monoisotopic (exact) mass is 469 g/mol. The molecule has 0 aliphatic heterocycles. The SMILES string of the molecule is CCn1nnc2cc(C(=O)Nc3ccc(OC)c(NS(=O)(=O)c4ccc(F)cc4)c3)ccc21. The highest BCUT2D eigenvalue weighted by Crippen LogP contribution is 2.30. The predicted octanol–water partition coefficient (Wildman–Crippen LogP) is 3.65. The fraction of sp³-hybridized carbons (Fsp3) is 0.136. The highest BCUT2D eigenvalue weighted by Gasteiger charge is 2.18. The number of anilines is 2. The summed E-state index contributed by atoms with van der Waals surface area (Å²) >= 11 is 0. The van der Waals surface area contributed by atoms with Crippen molar-refractivity contribution in [1.29, 1.82) is 0 Å². The van der Waals surface area contributed by atoms with Crippen LogP contribution < -0.4 is 14.8 Å². The van der Waals surface area contributed by atoms with E-state index in [2.05, 4.69) is 20.4 Å². The number of carbonyl (C=O) groups is 1. The molecule has 0 unspecified atom stereocenters. The number of nitrogens with zero attached hydrogens (tertiary/aromatic N) is 3. The van der Waals surface area contributed by atoms with Crippen LogP contribution in [-0.4, -0.2) is 36.4 Å². The minimum atomic E-state index is -4.01. The average molecular weight is 469 g/mol. The maximum atomic E-state index is 13.2. The van der Waals surface area contributed by atoms with Gasteiger partial charge in [0.15, 0.2) is 0 Å². The standard InChI is InChI=1S/C22H20FN5O4S/c1-3-28-20-10-4-14(12-18(20)25-27-28)22(29)24-16-7-11-21(32-2)19(13-16)26-33(30,31)17-8-5-15(23)6-9-17/h4-13,26H,3H2,1-2H3,(H,24,29). The highest BCUT2D eigenvalue weighted by molar-refractivity contribution is 7.92. The number of halogens is 1. The van der Waals surface area contributed by atoms with E-state index >= 15 is 0 Å². The summed E-state index contributed by atoms with van der Waals surface area (Å²) < 4.78 is 47.9. The largest absolute Gasteiger partial charge is 0.495 e. The fourth-order valence-corrected chi connectivity index (χ4v) is 4.29. The topological polar surface area (TPSA) is 115 Å². The van der Waals surface area contributed by atoms with Crippen LogP contribution in [0, 0.1) is 5.82 Å². The number of carbonyl (C=O) groups excluding carboxylic acids is 1. The summed E-state index contributed by atoms with van der Waals surface area (Å²) in [5.74, 6) is -0.705. The molecule has 0 atom stereocenters. The number of fused-ring (bicyclic) bond motifs is 1. The zero-order chi connectivity index (χ0) is 23.6. The molecule has 0 saturated carbocycles. The molecular weight excluding hydrogens is 449 g/mol. The summed E-state index contributed by atoms with van der Waals surface area (Å²) in [6, 6.07) is 14.0. The number of ether oxygens (including phenoxy) is 1. The Labute approximate surface area is 189 Å². The molecule has 3 aromatic carbocycles. The Morgan fingerprint density at radius 3 is 2.55 bits per heavy atom. The van der Waals surface area contributed by atoms with E-state index < -0.39 is 21.7 Å². The van der Waals surface area contributed by atoms with Crippen LogP contribution in [0.4, 0.5) is 15.8 Å². The van der Waals surface area contributed by atoms with E-state index in [1.807, 2.05) is 6.92 Å². The molecule has 1 amide bonds. The van der Waals surface area contributed by atoms with Crippen LogP contribution in [0.2, 0.25) is 0 Å². The van der Waals surface area contributed by atoms with Crippen LogP contribution in [0.1, 0.15) is 17.3 Å². The maximum absolute atomic E-state index is 13.2. The van der Waals surface area contributed by atoms with Crippen molar-refractivity contribution < 1.29 is 22.3 Å². The summed E-state index contributed by atoms with van der Waals surface area (Å²) in [6.07, 6.45) is 0. The Bertz CT molecular complexity index is 1440. The van der Waals surface area contributed by atoms with Crippen LogP contribution in [0.3, 0.4) is 0 Å². The molecule has 0 saturated heterocycles. The van der Waals surface area contributed by atoms with E-state index in [-0.39, 0.29) is 16.3 Å². The van der Waals surface area contributed by atoms with Crippen LogP contribution in [-0.2, 0) is 16.6 Å². The molecule has 0 bridgehead atoms. The third-order valence-electron chi connectivity index (χ3n) is 4.90. The molecule has 1 heterocycles. The van der Waals surface area contributed by atoms with Crippen molar-refractivity contribution in [1.82, 2.24) is 15.0 Å². The number of hydrogen-bond acceptors (Lipinski definition) is 6. The lowest BCUT2D eigenvalue weighted by atomic mass is 10.1. The van der Waals surface area contributed by atoms with Crippen molar-refractivity contribution in [2.45, 2.75) is 18.4 Å². The van der Waals surface area contributed by atoms with Gasteiger partial charge < -0.3 is 10.1 Å². The number of sulfonamides is 1. The molecule has 0 fully saturated rings. The first-order valence-corrected chi connectivity index (χ1v) is 11.4. The quantitative estimate of drug-likeness (QED) is 0.427. The van der Waals surface area contributed by atoms with Gasteiger partial charge in [0, 0.05) is 17.8 Å². The number of nitrogens with one attached hydrogen (secondary N) is 2. The van der Waals surface area contributed by atoms with Crippen molar-refractivity contribution in [2.75, 3.05) is 17.1 Å². The first-order valence-electron chi connectivity index (χ1n) is 9.92. The number of hydrogen-bond donors (Lipinski definition) is 2. The van der Waals surface area contributed by atoms with Crippen molar-refractivity contribution in [3.05, 3.63) is 72.0 Å². The Morgan fingerprint density at radius 1 is 1.09 bits per heavy atom. The lowest BCUT2D eigenvalue weighted by Gasteiger charge is -2.14. The highest BCUT2D eigenvalue weighted by atomic mass is 32.2. The zero-order valence-corrected chi connectivity index (χ0v) is 18.6. The molecule has 4 rings (SSSR count). The summed E-state index contributed by atoms with van der Waals surface area (Å²) in [4.78, 5) is 12.7. The van der Waals surface area contributed by atoms with Crippen molar-refractivity contribution >= 4 is 38.3 Å². The van der Waals surface area contributed by atoms with Gasteiger partial charge in [-0.25, -0.2) is 17.5 Å². The van der Waals surface area contributed by atoms with Gasteiger partial charge in [-0.15, -0.1) is 5.10 Å². The maximum Gasteiger partial charge on any atom is 0.262 e. The van der Waals surface area contributed by atoms with E-state index in [0.717, 1.165) is 29.8 Å². The van der Waals surface area contributed by atoms with Gasteiger partial charge in [0.2, 0.25) is 0 Å². The van der Waals surface area contributed by atoms with E-state index in [9.17, 15) is 17.6 Å². The first kappa shape index (κ1) is 22.2. The van der Waals surface area contributed by atoms with Gasteiger partial charge in [0.05, 0.1) is 23.2 Å². The molecule has 0 aliphatic rings. The number of aromatic nitrogens is 3. The lowest BCUT2D eigenvalue weighted by Crippen LogP contribution is -2.15. The van der Waals surface area contributed by atoms with Crippen LogP contribution >= 0.6 is 0 Å². The Morgan fingerprint density at radius 2 is 1.85 bits per heavy atom. The smallest absolute Gasteiger partial charge is 0.262 e. The summed E-state index contributed by atoms with van der Waals surface area (Å²) in [5.41, 5.74) is 2.23. The molecule has 170 valence electrons. The van der Waals surface area contributed by atoms with Gasteiger partial charge in [-0.2, -0.15) is 0 Å². The second-order valence-electron chi connectivity index (χ2n) is 7.04. The molecule has 9 nitrogen and oxygen atoms in total. The molecule has 0 aliphatic carbocycles. The molecular formula is C22H20FN5O4S. The Hall–Kier alpha value is -3.99. The Kier molecular flexibility index (Phi) is 5.97. The third-order valence-corrected chi connectivity index (χ3v) is 6.28. The van der Waals surface area contributed by atoms with Crippen LogP contribution in [0.5, 0.6) is 5.75 Å². The summed E-state index contributed by atoms with van der Waals surface area (Å²) in [7, 11) is -2.62. The molecule has 2 N–H and O–H groups in total. The van der Waals surface area contributed by atoms with Crippen LogP contribution in [0.15, 0.2) is 65.6 Å². The fourth-order valence-electron chi connectivity index (χ4n) is 3.23. The number of benzene rings is 3. The van der Waals surface area contributed by atoms with Crippen molar-refractivity contribution in [3.8, 4) is 5.75 Å². The van der Waals surface area contributed by atoms with Crippen molar-refractivity contribution in [2.24, 2.45) is 0 Å². The van der Waals surface area contributed by atoms with E-state index in [1.54, 1.807) is 28.9 Å². The molecule has 33 heavy (non-hydrogen) atoms. The lowest BCUT2D eigenvalue weighted by molar-refractivity contribution is 0.102. The number of amides is 1. The second-order valence-corrected chi connectivity index (χ2v) is 8.72. The van der Waals surface area contributed by atoms with E-state index in [4.69, 9.17) is 4.74 Å². The van der Waals surface area contributed by atoms with Gasteiger partial charge in [-0.05, 0) is 67.6 Å². The molecule has 0 radical (unpaired) electrons. The van der Waals surface area contributed by atoms with E-state index in [1.165, 1.54) is 19.2 Å². The number of aryl methyl sites for hydroxylation is 1. The normalized spacial score (nSPS) is 11.4. The molecule has 1 aromatic heterocycles. The van der Waals surface area contributed by atoms with Gasteiger partial charge >= 0.3 is 0 Å².